The van der Waals surface area contributed by atoms with Gasteiger partial charge in [0.15, 0.2) is 5.82 Å². The molecule has 0 N–H and O–H groups in total. The van der Waals surface area contributed by atoms with E-state index in [-0.39, 0.29) is 0 Å². The number of benzene rings is 7. The van der Waals surface area contributed by atoms with Gasteiger partial charge in [-0.15, -0.1) is 11.3 Å². The molecule has 10 rings (SSSR count). The van der Waals surface area contributed by atoms with Gasteiger partial charge in [-0.1, -0.05) is 115 Å². The van der Waals surface area contributed by atoms with Crippen LogP contribution in [0.15, 0.2) is 164 Å². The van der Waals surface area contributed by atoms with Crippen molar-refractivity contribution in [1.82, 2.24) is 14.5 Å². The van der Waals surface area contributed by atoms with E-state index >= 15 is 0 Å². The lowest BCUT2D eigenvalue weighted by Crippen LogP contribution is -1.96. The lowest BCUT2D eigenvalue weighted by molar-refractivity contribution is 1.18. The predicted molar refractivity (Wildman–Crippen MR) is 203 cm³/mol. The van der Waals surface area contributed by atoms with E-state index in [1.54, 1.807) is 0 Å². The van der Waals surface area contributed by atoms with Crippen molar-refractivity contribution in [2.45, 2.75) is 0 Å². The molecule has 3 aromatic heterocycles. The van der Waals surface area contributed by atoms with Gasteiger partial charge >= 0.3 is 0 Å². The normalized spacial score (nSPS) is 11.8. The lowest BCUT2D eigenvalue weighted by Gasteiger charge is -2.12. The Morgan fingerprint density at radius 2 is 1.12 bits per heavy atom. The summed E-state index contributed by atoms with van der Waals surface area (Å²) in [7, 11) is 0. The first kappa shape index (κ1) is 27.1. The maximum absolute atomic E-state index is 5.32. The molecule has 0 unspecified atom stereocenters. The van der Waals surface area contributed by atoms with Gasteiger partial charge in [-0.2, -0.15) is 0 Å². The third-order valence-corrected chi connectivity index (χ3v) is 10.6. The molecule has 3 nitrogen and oxygen atoms in total. The van der Waals surface area contributed by atoms with Gasteiger partial charge in [0.25, 0.3) is 0 Å². The Labute approximate surface area is 281 Å². The first-order chi connectivity index (χ1) is 23.8. The minimum Gasteiger partial charge on any atom is -0.309 e. The molecule has 0 aliphatic carbocycles. The van der Waals surface area contributed by atoms with Crippen LogP contribution in [0.4, 0.5) is 0 Å². The van der Waals surface area contributed by atoms with Crippen LogP contribution in [0.1, 0.15) is 0 Å². The van der Waals surface area contributed by atoms with E-state index in [1.165, 1.54) is 42.0 Å². The summed E-state index contributed by atoms with van der Waals surface area (Å²) in [6.07, 6.45) is 0. The Hall–Kier alpha value is -6.10. The number of thiophene rings is 1. The highest BCUT2D eigenvalue weighted by molar-refractivity contribution is 7.26. The smallest absolute Gasteiger partial charge is 0.160 e. The molecule has 0 radical (unpaired) electrons. The number of aromatic nitrogens is 3. The van der Waals surface area contributed by atoms with Crippen molar-refractivity contribution in [3.63, 3.8) is 0 Å². The number of rotatable bonds is 4. The van der Waals surface area contributed by atoms with E-state index in [2.05, 4.69) is 168 Å². The van der Waals surface area contributed by atoms with Gasteiger partial charge in [-0.05, 0) is 59.7 Å². The van der Waals surface area contributed by atoms with Crippen molar-refractivity contribution in [3.8, 4) is 39.5 Å². The van der Waals surface area contributed by atoms with Crippen LogP contribution < -0.4 is 0 Å². The third kappa shape index (κ3) is 4.20. The Bertz CT molecular complexity index is 2830. The second kappa shape index (κ2) is 10.7. The second-order valence-corrected chi connectivity index (χ2v) is 13.2. The first-order valence-corrected chi connectivity index (χ1v) is 17.0. The molecular weight excluding hydrogens is 603 g/mol. The monoisotopic (exact) mass is 629 g/mol. The van der Waals surface area contributed by atoms with Crippen molar-refractivity contribution in [3.05, 3.63) is 164 Å². The zero-order valence-corrected chi connectivity index (χ0v) is 26.7. The number of fused-ring (bicyclic) bond motifs is 8. The standard InChI is InChI=1S/C44H27N3S/c1-3-12-28(13-4-1)42-41-37(24-23-35-34-19-8-10-21-40(34)48-43(35)41)45-44(46-42)31-15-11-14-29(26-31)30-22-25-39-36(27-30)33-18-7-9-20-38(33)47(39)32-16-5-2-6-17-32/h1-27H. The zero-order chi connectivity index (χ0) is 31.6. The summed E-state index contributed by atoms with van der Waals surface area (Å²) in [4.78, 5) is 10.5. The number of hydrogen-bond donors (Lipinski definition) is 0. The van der Waals surface area contributed by atoms with Crippen LogP contribution in [0.25, 0.3) is 92.3 Å². The summed E-state index contributed by atoms with van der Waals surface area (Å²) >= 11 is 1.82. The third-order valence-electron chi connectivity index (χ3n) is 9.39. The van der Waals surface area contributed by atoms with Gasteiger partial charge in [0.1, 0.15) is 0 Å². The fraction of sp³-hybridized carbons (Fsp3) is 0. The Kier molecular flexibility index (Phi) is 6.05. The molecule has 0 fully saturated rings. The molecule has 0 saturated heterocycles. The summed E-state index contributed by atoms with van der Waals surface area (Å²) in [5, 5.41) is 6.12. The topological polar surface area (TPSA) is 30.7 Å². The highest BCUT2D eigenvalue weighted by atomic mass is 32.1. The average Bonchev–Trinajstić information content (AvgIpc) is 3.71. The molecule has 0 aliphatic heterocycles. The second-order valence-electron chi connectivity index (χ2n) is 12.2. The van der Waals surface area contributed by atoms with Crippen molar-refractivity contribution in [2.75, 3.05) is 0 Å². The van der Waals surface area contributed by atoms with E-state index in [0.29, 0.717) is 0 Å². The molecule has 0 amide bonds. The predicted octanol–water partition coefficient (Wildman–Crippen LogP) is 12.1. The van der Waals surface area contributed by atoms with Gasteiger partial charge in [0.2, 0.25) is 0 Å². The van der Waals surface area contributed by atoms with Crippen molar-refractivity contribution < 1.29 is 0 Å². The van der Waals surface area contributed by atoms with Crippen molar-refractivity contribution >= 4 is 64.2 Å². The van der Waals surface area contributed by atoms with Crippen molar-refractivity contribution in [2.24, 2.45) is 0 Å². The van der Waals surface area contributed by atoms with E-state index < -0.39 is 0 Å². The quantitative estimate of drug-likeness (QED) is 0.194. The summed E-state index contributed by atoms with van der Waals surface area (Å²) < 4.78 is 4.86. The van der Waals surface area contributed by atoms with Crippen LogP contribution in [0, 0.1) is 0 Å². The Morgan fingerprint density at radius 1 is 0.438 bits per heavy atom. The van der Waals surface area contributed by atoms with E-state index in [1.807, 2.05) is 11.3 Å². The van der Waals surface area contributed by atoms with Crippen molar-refractivity contribution in [1.29, 1.82) is 0 Å². The molecule has 3 heterocycles. The van der Waals surface area contributed by atoms with Gasteiger partial charge in [-0.25, -0.2) is 9.97 Å². The van der Waals surface area contributed by atoms with Gasteiger partial charge in [-0.3, -0.25) is 0 Å². The van der Waals surface area contributed by atoms with Crippen LogP contribution in [-0.2, 0) is 0 Å². The molecule has 0 saturated carbocycles. The van der Waals surface area contributed by atoms with Crippen LogP contribution in [0.3, 0.4) is 0 Å². The molecule has 4 heteroatoms. The molecule has 7 aromatic carbocycles. The molecule has 10 aromatic rings. The Balaban J connectivity index is 1.15. The lowest BCUT2D eigenvalue weighted by atomic mass is 10.00. The molecule has 0 aliphatic rings. The molecule has 224 valence electrons. The van der Waals surface area contributed by atoms with Gasteiger partial charge < -0.3 is 4.57 Å². The number of hydrogen-bond acceptors (Lipinski definition) is 3. The van der Waals surface area contributed by atoms with Crippen LogP contribution in [0.5, 0.6) is 0 Å². The molecule has 0 atom stereocenters. The summed E-state index contributed by atoms with van der Waals surface area (Å²) in [5.74, 6) is 0.727. The van der Waals surface area contributed by atoms with Crippen LogP contribution in [-0.4, -0.2) is 14.5 Å². The molecular formula is C44H27N3S. The van der Waals surface area contributed by atoms with Gasteiger partial charge in [0.05, 0.1) is 22.2 Å². The highest BCUT2D eigenvalue weighted by Gasteiger charge is 2.18. The van der Waals surface area contributed by atoms with E-state index in [0.717, 1.165) is 50.4 Å². The molecule has 0 spiro atoms. The van der Waals surface area contributed by atoms with E-state index in [4.69, 9.17) is 9.97 Å². The number of para-hydroxylation sites is 2. The molecule has 48 heavy (non-hydrogen) atoms. The fourth-order valence-electron chi connectivity index (χ4n) is 7.18. The minimum absolute atomic E-state index is 0.727. The largest absolute Gasteiger partial charge is 0.309 e. The summed E-state index contributed by atoms with van der Waals surface area (Å²) in [6, 6.07) is 58.2. The maximum Gasteiger partial charge on any atom is 0.160 e. The summed E-state index contributed by atoms with van der Waals surface area (Å²) in [6.45, 7) is 0. The SMILES string of the molecule is c1ccc(-c2nc(-c3cccc(-c4ccc5c(c4)c4ccccc4n5-c4ccccc4)c3)nc3ccc4c5ccccc5sc4c23)cc1. The molecule has 0 bridgehead atoms. The summed E-state index contributed by atoms with van der Waals surface area (Å²) in [5.41, 5.74) is 9.87. The highest BCUT2D eigenvalue weighted by Crippen LogP contribution is 2.42. The van der Waals surface area contributed by atoms with Gasteiger partial charge in [0, 0.05) is 53.1 Å². The maximum atomic E-state index is 5.32. The zero-order valence-electron chi connectivity index (χ0n) is 25.8. The fourth-order valence-corrected chi connectivity index (χ4v) is 8.43. The Morgan fingerprint density at radius 3 is 2.00 bits per heavy atom. The minimum atomic E-state index is 0.727. The first-order valence-electron chi connectivity index (χ1n) is 16.2. The number of nitrogens with zero attached hydrogens (tertiary/aromatic N) is 3. The average molecular weight is 630 g/mol. The van der Waals surface area contributed by atoms with E-state index in [9.17, 15) is 0 Å². The van der Waals surface area contributed by atoms with Crippen LogP contribution >= 0.6 is 11.3 Å². The van der Waals surface area contributed by atoms with Crippen LogP contribution in [0.2, 0.25) is 0 Å².